The third-order valence-electron chi connectivity index (χ3n) is 10.2. The lowest BCUT2D eigenvalue weighted by Crippen LogP contribution is -2.85. The summed E-state index contributed by atoms with van der Waals surface area (Å²) in [5.41, 5.74) is -9.39. The second-order valence-electron chi connectivity index (χ2n) is 13.3. The number of urea groups is 1. The number of carbonyl (C=O) groups excluding carboxylic acids is 2. The van der Waals surface area contributed by atoms with Crippen molar-refractivity contribution in [2.24, 2.45) is 0 Å². The SMILES string of the molecule is CC(=O)N1CCN(C2C(O)(O)C(c3c(C)c(O)c(C)c(O)c3O)N(C(=O)N(C)C(C)c3c(O)c(C(F)(F)F)c(O)c(C(F)(F)F)c3O)C(O)(O)C2(O)O)CC1. The van der Waals surface area contributed by atoms with Crippen molar-refractivity contribution in [2.45, 2.75) is 75.7 Å². The first-order chi connectivity index (χ1) is 24.8. The molecule has 3 amide bonds. The maximum Gasteiger partial charge on any atom is 0.423 e. The van der Waals surface area contributed by atoms with E-state index in [1.54, 1.807) is 0 Å². The molecular weight excluding hydrogens is 766 g/mol. The molecule has 2 aliphatic heterocycles. The van der Waals surface area contributed by atoms with Gasteiger partial charge in [-0.05, 0) is 20.8 Å². The molecule has 55 heavy (non-hydrogen) atoms. The number of aromatic hydroxyl groups is 6. The second kappa shape index (κ2) is 13.5. The maximum absolute atomic E-state index is 14.4. The van der Waals surface area contributed by atoms with Crippen LogP contribution in [0.5, 0.6) is 34.5 Å². The van der Waals surface area contributed by atoms with E-state index in [-0.39, 0.29) is 18.0 Å². The Labute approximate surface area is 305 Å². The molecule has 0 aromatic heterocycles. The normalized spacial score (nSPS) is 22.1. The first-order valence-electron chi connectivity index (χ1n) is 15.9. The van der Waals surface area contributed by atoms with Gasteiger partial charge >= 0.3 is 24.3 Å². The van der Waals surface area contributed by atoms with Crippen LogP contribution in [-0.2, 0) is 17.1 Å². The van der Waals surface area contributed by atoms with Crippen LogP contribution in [0.1, 0.15) is 59.3 Å². The van der Waals surface area contributed by atoms with E-state index in [1.165, 1.54) is 11.8 Å². The van der Waals surface area contributed by atoms with Crippen LogP contribution in [0, 0.1) is 13.8 Å². The largest absolute Gasteiger partial charge is 0.507 e. The van der Waals surface area contributed by atoms with Gasteiger partial charge in [-0.15, -0.1) is 0 Å². The van der Waals surface area contributed by atoms with Gasteiger partial charge in [0, 0.05) is 56.8 Å². The third-order valence-corrected chi connectivity index (χ3v) is 10.2. The van der Waals surface area contributed by atoms with E-state index >= 15 is 0 Å². The molecule has 4 rings (SSSR count). The van der Waals surface area contributed by atoms with E-state index in [9.17, 15) is 97.2 Å². The first kappa shape index (κ1) is 43.0. The molecule has 0 aliphatic carbocycles. The lowest BCUT2D eigenvalue weighted by Gasteiger charge is -2.61. The molecule has 0 saturated carbocycles. The lowest BCUT2D eigenvalue weighted by atomic mass is 9.76. The van der Waals surface area contributed by atoms with Gasteiger partial charge in [-0.3, -0.25) is 14.6 Å². The van der Waals surface area contributed by atoms with E-state index in [4.69, 9.17) is 0 Å². The summed E-state index contributed by atoms with van der Waals surface area (Å²) < 4.78 is 83.5. The summed E-state index contributed by atoms with van der Waals surface area (Å²) in [5, 5.41) is 133. The zero-order valence-electron chi connectivity index (χ0n) is 29.3. The van der Waals surface area contributed by atoms with Gasteiger partial charge in [0.15, 0.2) is 11.5 Å². The average molecular weight is 805 g/mol. The fraction of sp³-hybridized carbons (Fsp3) is 0.548. The van der Waals surface area contributed by atoms with Gasteiger partial charge in [0.05, 0.1) is 11.6 Å². The van der Waals surface area contributed by atoms with Crippen LogP contribution in [0.15, 0.2) is 0 Å². The fourth-order valence-corrected chi connectivity index (χ4v) is 7.11. The van der Waals surface area contributed by atoms with Gasteiger partial charge in [0.25, 0.3) is 5.79 Å². The Morgan fingerprint density at radius 1 is 0.727 bits per heavy atom. The van der Waals surface area contributed by atoms with Gasteiger partial charge in [-0.2, -0.15) is 26.3 Å². The van der Waals surface area contributed by atoms with Crippen molar-refractivity contribution in [3.8, 4) is 34.5 Å². The molecular formula is C31H38F6N4O14. The van der Waals surface area contributed by atoms with Gasteiger partial charge in [-0.25, -0.2) is 4.79 Å². The quantitative estimate of drug-likeness (QED) is 0.0856. The standard InChI is InChI=1S/C31H38F6N4O14/c1-10-14(22(47)19(44)11(2)18(10)43)24-27(50,51)25(40-8-6-39(7-9-40)13(4)42)28(52,53)31(54,55)41(24)26(49)38(5)12(3)15-20(45)16(29(32,33)34)23(48)17(21(15)46)30(35,36)37/h12,24-25,43-48,50-55H,6-9H2,1-5H3. The third kappa shape index (κ3) is 6.49. The van der Waals surface area contributed by atoms with E-state index in [0.717, 1.165) is 18.7 Å². The van der Waals surface area contributed by atoms with Crippen LogP contribution < -0.4 is 0 Å². The number of amides is 3. The highest BCUT2D eigenvalue weighted by molar-refractivity contribution is 5.78. The number of rotatable bonds is 4. The molecule has 2 aromatic carbocycles. The van der Waals surface area contributed by atoms with Crippen LogP contribution in [0.3, 0.4) is 0 Å². The number of benzene rings is 2. The number of piperidine rings is 1. The summed E-state index contributed by atoms with van der Waals surface area (Å²) in [6.07, 6.45) is -11.9. The van der Waals surface area contributed by atoms with Gasteiger partial charge < -0.3 is 71.1 Å². The number of alkyl halides is 6. The summed E-state index contributed by atoms with van der Waals surface area (Å²) in [6.45, 7) is 2.37. The molecule has 2 heterocycles. The Kier molecular flexibility index (Phi) is 10.5. The minimum absolute atomic E-state index is 0.0429. The zero-order chi connectivity index (χ0) is 42.5. The highest BCUT2D eigenvalue weighted by Gasteiger charge is 2.75. The van der Waals surface area contributed by atoms with Crippen molar-refractivity contribution in [3.63, 3.8) is 0 Å². The zero-order valence-corrected chi connectivity index (χ0v) is 29.3. The molecule has 2 fully saturated rings. The number of phenolic OH excluding ortho intramolecular Hbond substituents is 6. The summed E-state index contributed by atoms with van der Waals surface area (Å²) in [4.78, 5) is 27.7. The predicted molar refractivity (Wildman–Crippen MR) is 168 cm³/mol. The van der Waals surface area contributed by atoms with Crippen molar-refractivity contribution in [1.82, 2.24) is 19.6 Å². The highest BCUT2D eigenvalue weighted by atomic mass is 19.4. The number of hydrogen-bond acceptors (Lipinski definition) is 15. The smallest absolute Gasteiger partial charge is 0.423 e. The van der Waals surface area contributed by atoms with E-state index in [0.29, 0.717) is 14.0 Å². The average Bonchev–Trinajstić information content (AvgIpc) is 3.03. The minimum atomic E-state index is -5.95. The van der Waals surface area contributed by atoms with Crippen molar-refractivity contribution in [3.05, 3.63) is 33.4 Å². The van der Waals surface area contributed by atoms with Gasteiger partial charge in [0.2, 0.25) is 11.7 Å². The Morgan fingerprint density at radius 2 is 1.18 bits per heavy atom. The van der Waals surface area contributed by atoms with Crippen molar-refractivity contribution >= 4 is 11.9 Å². The Morgan fingerprint density at radius 3 is 1.60 bits per heavy atom. The summed E-state index contributed by atoms with van der Waals surface area (Å²) in [6, 6.07) is -10.4. The topological polar surface area (TPSA) is 290 Å². The highest BCUT2D eigenvalue weighted by Crippen LogP contribution is 2.58. The van der Waals surface area contributed by atoms with E-state index in [1.807, 2.05) is 0 Å². The fourth-order valence-electron chi connectivity index (χ4n) is 7.11. The van der Waals surface area contributed by atoms with Gasteiger partial charge in [0.1, 0.15) is 46.2 Å². The number of phenols is 6. The lowest BCUT2D eigenvalue weighted by molar-refractivity contribution is -0.482. The molecule has 308 valence electrons. The van der Waals surface area contributed by atoms with Gasteiger partial charge in [-0.1, -0.05) is 0 Å². The number of aliphatic hydroxyl groups is 6. The van der Waals surface area contributed by atoms with Crippen molar-refractivity contribution in [1.29, 1.82) is 0 Å². The van der Waals surface area contributed by atoms with Crippen LogP contribution in [0.2, 0.25) is 0 Å². The Balaban J connectivity index is 2.03. The van der Waals surface area contributed by atoms with Crippen molar-refractivity contribution in [2.75, 3.05) is 33.2 Å². The summed E-state index contributed by atoms with van der Waals surface area (Å²) in [5.74, 6) is -24.0. The van der Waals surface area contributed by atoms with Crippen LogP contribution in [0.4, 0.5) is 31.1 Å². The number of nitrogens with zero attached hydrogens (tertiary/aromatic N) is 4. The van der Waals surface area contributed by atoms with Crippen LogP contribution >= 0.6 is 0 Å². The predicted octanol–water partition coefficient (Wildman–Crippen LogP) is 0.277. The van der Waals surface area contributed by atoms with Crippen LogP contribution in [0.25, 0.3) is 0 Å². The molecule has 0 spiro atoms. The van der Waals surface area contributed by atoms with Crippen molar-refractivity contribution < 1.29 is 97.2 Å². The van der Waals surface area contributed by atoms with E-state index in [2.05, 4.69) is 0 Å². The molecule has 18 nitrogen and oxygen atoms in total. The number of carbonyl (C=O) groups is 2. The number of halogens is 6. The second-order valence-corrected chi connectivity index (χ2v) is 13.3. The maximum atomic E-state index is 14.4. The molecule has 3 unspecified atom stereocenters. The minimum Gasteiger partial charge on any atom is -0.507 e. The molecule has 3 atom stereocenters. The molecule has 2 aliphatic rings. The van der Waals surface area contributed by atoms with Crippen LogP contribution in [-0.4, -0.2) is 150 Å². The molecule has 2 aromatic rings. The monoisotopic (exact) mass is 804 g/mol. The Hall–Kier alpha value is -4.72. The van der Waals surface area contributed by atoms with E-state index < -0.39 is 146 Å². The summed E-state index contributed by atoms with van der Waals surface area (Å²) >= 11 is 0. The molecule has 0 bridgehead atoms. The molecule has 12 N–H and O–H groups in total. The first-order valence-corrected chi connectivity index (χ1v) is 15.9. The number of piperazine rings is 1. The summed E-state index contributed by atoms with van der Waals surface area (Å²) in [7, 11) is 0.489. The number of hydrogen-bond donors (Lipinski definition) is 12. The molecule has 0 radical (unpaired) electrons. The molecule has 2 saturated heterocycles. The number of likely N-dealkylation sites (tertiary alicyclic amines) is 1. The Bertz CT molecular complexity index is 1830. The molecule has 24 heteroatoms.